The summed E-state index contributed by atoms with van der Waals surface area (Å²) in [4.78, 5) is 0. The van der Waals surface area contributed by atoms with E-state index in [4.69, 9.17) is 0 Å². The molecule has 1 N–H and O–H groups in total. The zero-order chi connectivity index (χ0) is 8.53. The quantitative estimate of drug-likeness (QED) is 0.463. The number of allylic oxidation sites excluding steroid dienone is 1. The highest BCUT2D eigenvalue weighted by atomic mass is 16.3. The van der Waals surface area contributed by atoms with Gasteiger partial charge in [-0.2, -0.15) is 0 Å². The van der Waals surface area contributed by atoms with Gasteiger partial charge in [0.15, 0.2) is 0 Å². The third-order valence-corrected chi connectivity index (χ3v) is 1.78. The van der Waals surface area contributed by atoms with E-state index in [2.05, 4.69) is 6.92 Å². The van der Waals surface area contributed by atoms with Crippen molar-refractivity contribution in [3.63, 3.8) is 0 Å². The summed E-state index contributed by atoms with van der Waals surface area (Å²) in [6.07, 6.45) is 9.31. The van der Waals surface area contributed by atoms with E-state index in [1.54, 1.807) is 0 Å². The Bertz CT molecular complexity index is 97.0. The fourth-order valence-electron chi connectivity index (χ4n) is 1.04. The summed E-state index contributed by atoms with van der Waals surface area (Å²) in [5.41, 5.74) is 0. The second-order valence-electron chi connectivity index (χ2n) is 2.95. The normalized spacial score (nSPS) is 14.1. The highest BCUT2D eigenvalue weighted by molar-refractivity contribution is 4.79. The van der Waals surface area contributed by atoms with Crippen LogP contribution >= 0.6 is 0 Å². The Kier molecular flexibility index (Phi) is 7.59. The van der Waals surface area contributed by atoms with Crippen LogP contribution in [0.1, 0.15) is 46.0 Å². The van der Waals surface area contributed by atoms with E-state index >= 15 is 0 Å². The summed E-state index contributed by atoms with van der Waals surface area (Å²) in [6, 6.07) is 0. The van der Waals surface area contributed by atoms with Gasteiger partial charge < -0.3 is 5.11 Å². The lowest BCUT2D eigenvalue weighted by atomic mass is 10.1. The van der Waals surface area contributed by atoms with Gasteiger partial charge in [-0.1, -0.05) is 38.3 Å². The van der Waals surface area contributed by atoms with Gasteiger partial charge in [-0.3, -0.25) is 0 Å². The maximum atomic E-state index is 9.36. The molecule has 0 radical (unpaired) electrons. The number of unbranched alkanes of at least 4 members (excludes halogenated alkanes) is 2. The Hall–Kier alpha value is -0.300. The van der Waals surface area contributed by atoms with Crippen molar-refractivity contribution in [3.05, 3.63) is 12.2 Å². The Morgan fingerprint density at radius 1 is 1.36 bits per heavy atom. The fourth-order valence-corrected chi connectivity index (χ4v) is 1.04. The molecule has 0 spiro atoms. The molecule has 0 aromatic heterocycles. The van der Waals surface area contributed by atoms with Gasteiger partial charge in [0.25, 0.3) is 0 Å². The Morgan fingerprint density at radius 2 is 2.09 bits per heavy atom. The summed E-state index contributed by atoms with van der Waals surface area (Å²) in [7, 11) is 0. The van der Waals surface area contributed by atoms with Gasteiger partial charge in [0.2, 0.25) is 0 Å². The van der Waals surface area contributed by atoms with E-state index in [1.807, 2.05) is 19.1 Å². The minimum atomic E-state index is -0.113. The van der Waals surface area contributed by atoms with Gasteiger partial charge in [-0.05, 0) is 19.8 Å². The zero-order valence-electron chi connectivity index (χ0n) is 7.71. The summed E-state index contributed by atoms with van der Waals surface area (Å²) in [5.74, 6) is 0. The molecule has 0 heterocycles. The van der Waals surface area contributed by atoms with Crippen LogP contribution in [0.4, 0.5) is 0 Å². The van der Waals surface area contributed by atoms with E-state index in [-0.39, 0.29) is 6.10 Å². The molecule has 0 bridgehead atoms. The van der Waals surface area contributed by atoms with E-state index in [0.717, 1.165) is 19.3 Å². The fraction of sp³-hybridized carbons (Fsp3) is 0.800. The maximum Gasteiger partial charge on any atom is 0.0574 e. The van der Waals surface area contributed by atoms with Crippen LogP contribution in [0.2, 0.25) is 0 Å². The van der Waals surface area contributed by atoms with Gasteiger partial charge in [0.05, 0.1) is 6.10 Å². The second-order valence-corrected chi connectivity index (χ2v) is 2.95. The molecule has 1 unspecified atom stereocenters. The van der Waals surface area contributed by atoms with Crippen molar-refractivity contribution in [2.24, 2.45) is 0 Å². The molecule has 0 saturated heterocycles. The molecule has 1 atom stereocenters. The monoisotopic (exact) mass is 156 g/mol. The van der Waals surface area contributed by atoms with Crippen LogP contribution in [-0.2, 0) is 0 Å². The van der Waals surface area contributed by atoms with Crippen LogP contribution in [0.5, 0.6) is 0 Å². The van der Waals surface area contributed by atoms with E-state index in [9.17, 15) is 5.11 Å². The first kappa shape index (κ1) is 10.7. The van der Waals surface area contributed by atoms with Crippen molar-refractivity contribution in [1.29, 1.82) is 0 Å². The van der Waals surface area contributed by atoms with Gasteiger partial charge >= 0.3 is 0 Å². The Balaban J connectivity index is 3.15. The number of hydrogen-bond donors (Lipinski definition) is 1. The van der Waals surface area contributed by atoms with Gasteiger partial charge in [0.1, 0.15) is 0 Å². The SMILES string of the molecule is CC=CCC(O)CCCCC. The van der Waals surface area contributed by atoms with Crippen LogP contribution in [0, 0.1) is 0 Å². The predicted octanol–water partition coefficient (Wildman–Crippen LogP) is 2.89. The molecule has 11 heavy (non-hydrogen) atoms. The van der Waals surface area contributed by atoms with Crippen molar-refractivity contribution < 1.29 is 5.11 Å². The zero-order valence-corrected chi connectivity index (χ0v) is 7.71. The summed E-state index contributed by atoms with van der Waals surface area (Å²) in [5, 5.41) is 9.36. The average molecular weight is 156 g/mol. The van der Waals surface area contributed by atoms with Gasteiger partial charge in [0, 0.05) is 0 Å². The van der Waals surface area contributed by atoms with Gasteiger partial charge in [-0.15, -0.1) is 0 Å². The second kappa shape index (κ2) is 7.80. The number of aliphatic hydroxyl groups is 1. The van der Waals surface area contributed by atoms with Gasteiger partial charge in [-0.25, -0.2) is 0 Å². The molecule has 0 saturated carbocycles. The van der Waals surface area contributed by atoms with Crippen molar-refractivity contribution >= 4 is 0 Å². The largest absolute Gasteiger partial charge is 0.393 e. The third-order valence-electron chi connectivity index (χ3n) is 1.78. The first-order valence-corrected chi connectivity index (χ1v) is 4.60. The lowest BCUT2D eigenvalue weighted by molar-refractivity contribution is 0.164. The van der Waals surface area contributed by atoms with Crippen LogP contribution in [0.15, 0.2) is 12.2 Å². The molecule has 66 valence electrons. The van der Waals surface area contributed by atoms with Crippen molar-refractivity contribution in [3.8, 4) is 0 Å². The minimum Gasteiger partial charge on any atom is -0.393 e. The van der Waals surface area contributed by atoms with Crippen LogP contribution in [-0.4, -0.2) is 11.2 Å². The molecular weight excluding hydrogens is 136 g/mol. The summed E-state index contributed by atoms with van der Waals surface area (Å²) < 4.78 is 0. The van der Waals surface area contributed by atoms with E-state index in [0.29, 0.717) is 0 Å². The number of rotatable bonds is 6. The Labute approximate surface area is 70.1 Å². The first-order chi connectivity index (χ1) is 5.31. The molecule has 1 nitrogen and oxygen atoms in total. The van der Waals surface area contributed by atoms with Crippen LogP contribution in [0.25, 0.3) is 0 Å². The first-order valence-electron chi connectivity index (χ1n) is 4.60. The molecule has 0 aliphatic carbocycles. The average Bonchev–Trinajstić information content (AvgIpc) is 2.01. The van der Waals surface area contributed by atoms with E-state index < -0.39 is 0 Å². The molecule has 0 aromatic carbocycles. The lowest BCUT2D eigenvalue weighted by Gasteiger charge is -2.05. The third kappa shape index (κ3) is 7.60. The van der Waals surface area contributed by atoms with E-state index in [1.165, 1.54) is 12.8 Å². The minimum absolute atomic E-state index is 0.113. The molecule has 0 aliphatic rings. The van der Waals surface area contributed by atoms with Crippen LogP contribution in [0.3, 0.4) is 0 Å². The predicted molar refractivity (Wildman–Crippen MR) is 49.6 cm³/mol. The number of aliphatic hydroxyl groups excluding tert-OH is 1. The topological polar surface area (TPSA) is 20.2 Å². The number of hydrogen-bond acceptors (Lipinski definition) is 1. The molecule has 1 heteroatoms. The molecule has 0 amide bonds. The summed E-state index contributed by atoms with van der Waals surface area (Å²) >= 11 is 0. The molecule has 0 rings (SSSR count). The Morgan fingerprint density at radius 3 is 2.64 bits per heavy atom. The molecule has 0 fully saturated rings. The van der Waals surface area contributed by atoms with Crippen molar-refractivity contribution in [2.45, 2.75) is 52.1 Å². The summed E-state index contributed by atoms with van der Waals surface area (Å²) in [6.45, 7) is 4.16. The van der Waals surface area contributed by atoms with Crippen molar-refractivity contribution in [2.75, 3.05) is 0 Å². The molecule has 0 aliphatic heterocycles. The standard InChI is InChI=1S/C10H20O/c1-3-5-7-9-10(11)8-6-4-2/h4,6,10-11H,3,5,7-9H2,1-2H3. The smallest absolute Gasteiger partial charge is 0.0574 e. The molecule has 0 aromatic rings. The highest BCUT2D eigenvalue weighted by Crippen LogP contribution is 2.06. The maximum absolute atomic E-state index is 9.36. The molecular formula is C10H20O. The van der Waals surface area contributed by atoms with Crippen LogP contribution < -0.4 is 0 Å². The lowest BCUT2D eigenvalue weighted by Crippen LogP contribution is -2.03. The highest BCUT2D eigenvalue weighted by Gasteiger charge is 1.99. The van der Waals surface area contributed by atoms with Crippen molar-refractivity contribution in [1.82, 2.24) is 0 Å².